The van der Waals surface area contributed by atoms with E-state index in [2.05, 4.69) is 223 Å². The first-order chi connectivity index (χ1) is 71.3. The van der Waals surface area contributed by atoms with Crippen molar-refractivity contribution < 1.29 is 14.6 Å². The summed E-state index contributed by atoms with van der Waals surface area (Å²) in [6.45, 7) is 9.62. The van der Waals surface area contributed by atoms with Crippen molar-refractivity contribution in [3.05, 3.63) is 417 Å². The number of piperidine rings is 2. The summed E-state index contributed by atoms with van der Waals surface area (Å²) >= 11 is 0. The molecular formula is C119H151N24O2+. The van der Waals surface area contributed by atoms with E-state index in [1.54, 1.807) is 42.1 Å². The first-order valence-electron chi connectivity index (χ1n) is 51.6. The third kappa shape index (κ3) is 38.1. The first kappa shape index (κ1) is 110. The lowest BCUT2D eigenvalue weighted by molar-refractivity contribution is -1.10. The highest BCUT2D eigenvalue weighted by molar-refractivity contribution is 6.01. The Balaban J connectivity index is 0.000000141. The second-order valence-corrected chi connectivity index (χ2v) is 37.4. The van der Waals surface area contributed by atoms with Crippen LogP contribution >= 0.6 is 0 Å². The number of hydrogen-bond donors (Lipinski definition) is 6. The van der Waals surface area contributed by atoms with Gasteiger partial charge in [0.2, 0.25) is 5.91 Å². The second-order valence-electron chi connectivity index (χ2n) is 37.4. The van der Waals surface area contributed by atoms with E-state index in [1.807, 2.05) is 267 Å². The van der Waals surface area contributed by atoms with Crippen molar-refractivity contribution in [3.8, 4) is 22.5 Å². The molecule has 26 nitrogen and oxygen atoms in total. The molecule has 23 rings (SSSR count). The van der Waals surface area contributed by atoms with Crippen molar-refractivity contribution in [1.29, 1.82) is 0 Å². The number of aromatic amines is 1. The van der Waals surface area contributed by atoms with E-state index in [0.29, 0.717) is 42.7 Å². The zero-order valence-electron chi connectivity index (χ0n) is 85.9. The van der Waals surface area contributed by atoms with Crippen LogP contribution in [-0.4, -0.2) is 212 Å². The Labute approximate surface area is 860 Å². The van der Waals surface area contributed by atoms with Gasteiger partial charge in [-0.2, -0.15) is 4.65 Å². The summed E-state index contributed by atoms with van der Waals surface area (Å²) in [4.78, 5) is 76.8. The van der Waals surface area contributed by atoms with Gasteiger partial charge in [-0.3, -0.25) is 84.3 Å². The number of aryl methyl sites for hydroxylation is 1. The number of likely N-dealkylation sites (N-methyl/N-ethyl adjacent to an activating group) is 1. The van der Waals surface area contributed by atoms with E-state index >= 15 is 0 Å². The molecule has 6 fully saturated rings. The number of quaternary nitrogens is 1. The van der Waals surface area contributed by atoms with Crippen LogP contribution in [0.4, 0.5) is 0 Å². The van der Waals surface area contributed by atoms with Crippen LogP contribution in [0.2, 0.25) is 0 Å². The molecule has 0 spiro atoms. The van der Waals surface area contributed by atoms with Crippen LogP contribution in [0, 0.1) is 0 Å². The number of hydrogen-bond acceptors (Lipinski definition) is 22. The Bertz CT molecular complexity index is 5830. The number of hydroxylamine groups is 3. The lowest BCUT2D eigenvalue weighted by atomic mass is 9.97. The van der Waals surface area contributed by atoms with Gasteiger partial charge in [-0.25, -0.2) is 5.21 Å². The lowest BCUT2D eigenvalue weighted by Gasteiger charge is -2.32. The predicted molar refractivity (Wildman–Crippen MR) is 585 cm³/mol. The van der Waals surface area contributed by atoms with Gasteiger partial charge in [-0.05, 0) is 311 Å². The van der Waals surface area contributed by atoms with Gasteiger partial charge in [-0.1, -0.05) is 104 Å². The largest absolute Gasteiger partial charge is 0.361 e. The molecule has 758 valence electrons. The average molecular weight is 1950 g/mol. The smallest absolute Gasteiger partial charge is 0.222 e. The minimum atomic E-state index is 0.117. The van der Waals surface area contributed by atoms with Gasteiger partial charge < -0.3 is 35.7 Å². The Morgan fingerprint density at radius 2 is 0.890 bits per heavy atom. The Hall–Kier alpha value is -13.6. The molecule has 14 aromatic heterocycles. The van der Waals surface area contributed by atoms with Gasteiger partial charge in [0.25, 0.3) is 0 Å². The number of amides is 1. The van der Waals surface area contributed by atoms with Gasteiger partial charge in [0.15, 0.2) is 0 Å². The second kappa shape index (κ2) is 63.5. The van der Waals surface area contributed by atoms with Crippen LogP contribution in [0.15, 0.2) is 366 Å². The summed E-state index contributed by atoms with van der Waals surface area (Å²) in [6.07, 6.45) is 83.8. The van der Waals surface area contributed by atoms with E-state index < -0.39 is 0 Å². The molecule has 6 N–H and O–H groups in total. The molecule has 0 saturated carbocycles. The number of pyridine rings is 12. The summed E-state index contributed by atoms with van der Waals surface area (Å²) in [5.74, 6) is 0.230. The fraction of sp³-hybridized carbons (Fsp3) is 0.361. The predicted octanol–water partition coefficient (Wildman–Crippen LogP) is 21.8. The normalized spacial score (nSPS) is 20.7. The van der Waals surface area contributed by atoms with Crippen molar-refractivity contribution in [2.75, 3.05) is 101 Å². The van der Waals surface area contributed by atoms with Crippen molar-refractivity contribution in [2.45, 2.75) is 170 Å². The van der Waals surface area contributed by atoms with E-state index in [1.165, 1.54) is 134 Å². The van der Waals surface area contributed by atoms with Crippen LogP contribution in [0.1, 0.15) is 226 Å². The molecule has 26 heteroatoms. The van der Waals surface area contributed by atoms with Gasteiger partial charge in [0, 0.05) is 290 Å². The maximum absolute atomic E-state index is 11.3. The fourth-order valence-electron chi connectivity index (χ4n) is 18.8. The minimum absolute atomic E-state index is 0.117. The highest BCUT2D eigenvalue weighted by Gasteiger charge is 2.39. The number of carbonyl (C=O) groups is 1. The highest BCUT2D eigenvalue weighted by atomic mass is 16.5. The number of nitrogens with one attached hydrogen (secondary N) is 5. The van der Waals surface area contributed by atoms with Gasteiger partial charge in [-0.15, -0.1) is 0 Å². The average Bonchev–Trinajstić information content (AvgIpc) is 1.68. The number of aromatic nitrogens is 14. The molecule has 9 atom stereocenters. The number of likely N-dealkylation sites (tertiary alicyclic amines) is 4. The van der Waals surface area contributed by atoms with Crippen LogP contribution < -0.4 is 21.3 Å². The number of nitrogens with zero attached hydrogens (tertiary/aromatic N) is 19. The minimum Gasteiger partial charge on any atom is -0.361 e. The molecule has 0 radical (unpaired) electrons. The maximum Gasteiger partial charge on any atom is 0.222 e. The van der Waals surface area contributed by atoms with Crippen molar-refractivity contribution in [1.82, 2.24) is 110 Å². The topological polar surface area (TPSA) is 286 Å². The molecule has 6 unspecified atom stereocenters. The third-order valence-corrected chi connectivity index (χ3v) is 26.9. The van der Waals surface area contributed by atoms with E-state index in [0.717, 1.165) is 124 Å². The number of carbonyl (C=O) groups excluding carboxylic acids is 1. The van der Waals surface area contributed by atoms with Gasteiger partial charge >= 0.3 is 0 Å². The molecular weight excluding hydrogens is 1800 g/mol. The summed E-state index contributed by atoms with van der Waals surface area (Å²) in [5.41, 5.74) is 18.4. The molecule has 9 aliphatic heterocycles. The summed E-state index contributed by atoms with van der Waals surface area (Å²) in [5, 5.41) is 23.4. The Morgan fingerprint density at radius 3 is 1.32 bits per heavy atom. The van der Waals surface area contributed by atoms with Crippen molar-refractivity contribution in [2.24, 2.45) is 12.0 Å². The van der Waals surface area contributed by atoms with Crippen LogP contribution in [0.25, 0.3) is 28.6 Å². The SMILES string of the molecule is C1=CCC(c2cccnc2)NC1.CN1C(=O)CC[C@H]1c1cccnc1.CN1CC=CCC1c1cccnc1.CN1CCCCC1c1cccnc1.CN1CCC[C@H]1c1cccnc1.CNCCC=Cc1cccnc1.C[N+]1(O)CCC[C@H]1c1cccnc1.Cn1cccc1-c1cccnc1.c1cncc(-c2ccc[nH]2)c1.c1cncc(C2=NCCC2)c1.c1cncc(C2CCCCN2)c1.c1cncc(C2CCCN2)c1. The van der Waals surface area contributed by atoms with E-state index in [-0.39, 0.29) is 22.6 Å². The van der Waals surface area contributed by atoms with Crippen LogP contribution in [-0.2, 0) is 11.8 Å². The highest BCUT2D eigenvalue weighted by Crippen LogP contribution is 2.37. The summed E-state index contributed by atoms with van der Waals surface area (Å²) in [6, 6.07) is 60.6. The van der Waals surface area contributed by atoms with E-state index in [9.17, 15) is 10.0 Å². The lowest BCUT2D eigenvalue weighted by Crippen LogP contribution is -2.39. The van der Waals surface area contributed by atoms with E-state index in [4.69, 9.17) is 0 Å². The number of H-pyrrole nitrogens is 1. The van der Waals surface area contributed by atoms with Crippen molar-refractivity contribution >= 4 is 17.7 Å². The van der Waals surface area contributed by atoms with Crippen LogP contribution in [0.3, 0.4) is 0 Å². The molecule has 1 amide bonds. The molecule has 23 heterocycles. The Morgan fingerprint density at radius 1 is 0.407 bits per heavy atom. The molecule has 0 aromatic carbocycles. The summed E-state index contributed by atoms with van der Waals surface area (Å²) in [7, 11) is 14.3. The molecule has 145 heavy (non-hydrogen) atoms. The van der Waals surface area contributed by atoms with Crippen LogP contribution in [0.5, 0.6) is 0 Å². The monoisotopic (exact) mass is 1950 g/mol. The molecule has 6 saturated heterocycles. The third-order valence-electron chi connectivity index (χ3n) is 26.9. The van der Waals surface area contributed by atoms with Gasteiger partial charge in [0.1, 0.15) is 12.6 Å². The standard InChI is InChI=1S/C11H16N2.C11H14N2.C10H15N2O.C10H12N2O.C10H14N2.C10H10N2.C10H14N2.C10H12N2.C10H14N2.C9H12N2.C9H10N2.C9H8N2/c2*1-13-8-3-2-6-11(13)10-5-4-7-12-9-10;1-12(13)7-3-5-10(12)9-4-2-6-11-8-9;1-12-9(4-5-10(12)13)8-3-2-6-11-7-8;2*1-12-7-3-5-10(12)9-4-2-6-11-8-9;2*1-2-7-12-10(5-1)9-4-3-6-11-8-9;1-11-7-3-2-5-10-6-4-8-12-9-10;3*1-3-8(7-10-5-1)9-4-2-6-11-9/h4-5,7,9,11H,2-3,6,8H2,1H3;2-5,7,9,11H,6,8H2,1H3;2,4,6,8,10,13H,3,5,7H2,1H3;2-3,6-7,9H,4-5H2,1H3;2,4,6,8,10H,3,5,7H2,1H3;2-8H,1H3;3-4,6,8,10,12H,1-2,5,7H2;1-4,6,8,10,12H,5,7H2;2,4-6,8-9,11H,3,7H2,1H3;1,3,5,7,9,11H,2,4,6H2;1,3,5,7H,2,4,6H2;1-7,11H/q;;+1;;;;;;;;;/t;;10-,12?;9-;10-;;;;;;;/m..000......./s1. The molecule has 0 bridgehead atoms. The maximum atomic E-state index is 11.3. The number of rotatable bonds is 15. The molecule has 0 aliphatic carbocycles. The number of aliphatic imine (C=N–C) groups is 1. The van der Waals surface area contributed by atoms with Crippen molar-refractivity contribution in [3.63, 3.8) is 0 Å². The molecule has 14 aromatic rings. The first-order valence-corrected chi connectivity index (χ1v) is 51.6. The van der Waals surface area contributed by atoms with Gasteiger partial charge in [0.05, 0.1) is 13.1 Å². The molecule has 9 aliphatic rings. The zero-order chi connectivity index (χ0) is 101. The Kier molecular flexibility index (Phi) is 48.2. The summed E-state index contributed by atoms with van der Waals surface area (Å²) < 4.78 is 2.20. The zero-order valence-corrected chi connectivity index (χ0v) is 85.9. The fourth-order valence-corrected chi connectivity index (χ4v) is 18.8. The quantitative estimate of drug-likeness (QED) is 0.0316.